The summed E-state index contributed by atoms with van der Waals surface area (Å²) in [6, 6.07) is 3.16. The molecule has 1 N–H and O–H groups in total. The van der Waals surface area contributed by atoms with Gasteiger partial charge in [0.15, 0.2) is 5.82 Å². The summed E-state index contributed by atoms with van der Waals surface area (Å²) in [5.41, 5.74) is 1.83. The van der Waals surface area contributed by atoms with E-state index in [9.17, 15) is 18.4 Å². The summed E-state index contributed by atoms with van der Waals surface area (Å²) in [5, 5.41) is 7.21. The highest BCUT2D eigenvalue weighted by molar-refractivity contribution is 5.77. The minimum Gasteiger partial charge on any atom is -0.469 e. The molecule has 0 bridgehead atoms. The normalized spacial score (nSPS) is 15.9. The third-order valence-corrected chi connectivity index (χ3v) is 4.67. The molecule has 1 aliphatic carbocycles. The number of methoxy groups -OCH3 is 1. The molecule has 0 unspecified atom stereocenters. The van der Waals surface area contributed by atoms with Crippen LogP contribution in [0.1, 0.15) is 49.4 Å². The third kappa shape index (κ3) is 4.32. The number of carbonyl (C=O) groups is 2. The monoisotopic (exact) mass is 377 g/mol. The van der Waals surface area contributed by atoms with Crippen molar-refractivity contribution in [1.29, 1.82) is 0 Å². The van der Waals surface area contributed by atoms with E-state index in [1.807, 2.05) is 0 Å². The van der Waals surface area contributed by atoms with E-state index in [-0.39, 0.29) is 36.4 Å². The molecule has 0 radical (unpaired) electrons. The molecule has 0 aliphatic heterocycles. The number of rotatable bonds is 6. The first-order valence-corrected chi connectivity index (χ1v) is 8.88. The van der Waals surface area contributed by atoms with Crippen molar-refractivity contribution >= 4 is 11.9 Å². The molecule has 1 aliphatic rings. The lowest BCUT2D eigenvalue weighted by Crippen LogP contribution is -2.30. The van der Waals surface area contributed by atoms with Gasteiger partial charge in [0.25, 0.3) is 0 Å². The fourth-order valence-corrected chi connectivity index (χ4v) is 3.33. The van der Waals surface area contributed by atoms with Crippen LogP contribution in [0.5, 0.6) is 0 Å². The number of hydrogen-bond acceptors (Lipinski definition) is 4. The Hall–Kier alpha value is -2.77. The Morgan fingerprint density at radius 3 is 2.89 bits per heavy atom. The number of fused-ring (bicyclic) bond motifs is 1. The summed E-state index contributed by atoms with van der Waals surface area (Å²) >= 11 is 0. The second-order valence-corrected chi connectivity index (χ2v) is 6.50. The molecule has 3 rings (SSSR count). The fraction of sp³-hybridized carbons (Fsp3) is 0.421. The topological polar surface area (TPSA) is 73.2 Å². The predicted molar refractivity (Wildman–Crippen MR) is 93.2 cm³/mol. The molecule has 1 atom stereocenters. The van der Waals surface area contributed by atoms with Crippen LogP contribution in [-0.2, 0) is 20.7 Å². The highest BCUT2D eigenvalue weighted by atomic mass is 19.1. The minimum absolute atomic E-state index is 0.155. The second-order valence-electron chi connectivity index (χ2n) is 6.50. The number of ether oxygens (including phenoxy) is 1. The van der Waals surface area contributed by atoms with Crippen LogP contribution < -0.4 is 5.32 Å². The van der Waals surface area contributed by atoms with Crippen LogP contribution in [0.3, 0.4) is 0 Å². The summed E-state index contributed by atoms with van der Waals surface area (Å²) in [5.74, 6) is -1.83. The Labute approximate surface area is 155 Å². The van der Waals surface area contributed by atoms with Crippen molar-refractivity contribution in [3.05, 3.63) is 47.3 Å². The lowest BCUT2D eigenvalue weighted by atomic mass is 9.92. The van der Waals surface area contributed by atoms with Crippen molar-refractivity contribution in [1.82, 2.24) is 15.1 Å². The van der Waals surface area contributed by atoms with Crippen molar-refractivity contribution in [3.63, 3.8) is 0 Å². The maximum atomic E-state index is 14.1. The van der Waals surface area contributed by atoms with Gasteiger partial charge in [0, 0.05) is 30.2 Å². The average molecular weight is 377 g/mol. The minimum atomic E-state index is -0.685. The van der Waals surface area contributed by atoms with Gasteiger partial charge in [0.05, 0.1) is 19.3 Å². The molecule has 2 aromatic rings. The van der Waals surface area contributed by atoms with E-state index < -0.39 is 11.6 Å². The Morgan fingerprint density at radius 2 is 2.15 bits per heavy atom. The van der Waals surface area contributed by atoms with Crippen LogP contribution in [0.2, 0.25) is 0 Å². The van der Waals surface area contributed by atoms with Gasteiger partial charge in [-0.05, 0) is 37.8 Å². The van der Waals surface area contributed by atoms with E-state index in [4.69, 9.17) is 0 Å². The number of nitrogens with one attached hydrogen (secondary N) is 1. The summed E-state index contributed by atoms with van der Waals surface area (Å²) in [6.07, 6.45) is 4.72. The van der Waals surface area contributed by atoms with Gasteiger partial charge in [-0.1, -0.05) is 0 Å². The third-order valence-electron chi connectivity index (χ3n) is 4.67. The first-order chi connectivity index (χ1) is 13.0. The van der Waals surface area contributed by atoms with Gasteiger partial charge in [0.1, 0.15) is 11.5 Å². The highest BCUT2D eigenvalue weighted by Crippen LogP contribution is 2.31. The van der Waals surface area contributed by atoms with Crippen LogP contribution in [0, 0.1) is 11.6 Å². The summed E-state index contributed by atoms with van der Waals surface area (Å²) in [6.45, 7) is 0. The number of nitrogens with zero attached hydrogens (tertiary/aromatic N) is 2. The largest absolute Gasteiger partial charge is 0.469 e. The van der Waals surface area contributed by atoms with Gasteiger partial charge in [-0.3, -0.25) is 9.59 Å². The SMILES string of the molecule is COC(=O)CCCC(=O)N[C@H]1CCCc2c1cnn2-c1ccc(F)cc1F. The molecule has 8 heteroatoms. The molecule has 27 heavy (non-hydrogen) atoms. The number of aromatic nitrogens is 2. The molecular weight excluding hydrogens is 356 g/mol. The molecule has 0 spiro atoms. The molecule has 1 amide bonds. The van der Waals surface area contributed by atoms with Gasteiger partial charge in [-0.2, -0.15) is 5.10 Å². The van der Waals surface area contributed by atoms with E-state index in [1.165, 1.54) is 23.9 Å². The molecule has 144 valence electrons. The van der Waals surface area contributed by atoms with E-state index in [0.717, 1.165) is 30.2 Å². The summed E-state index contributed by atoms with van der Waals surface area (Å²) in [7, 11) is 1.31. The highest BCUT2D eigenvalue weighted by Gasteiger charge is 2.26. The molecule has 1 aromatic carbocycles. The zero-order chi connectivity index (χ0) is 19.4. The quantitative estimate of drug-likeness (QED) is 0.786. The Bertz CT molecular complexity index is 851. The molecule has 1 heterocycles. The smallest absolute Gasteiger partial charge is 0.305 e. The first-order valence-electron chi connectivity index (χ1n) is 8.88. The lowest BCUT2D eigenvalue weighted by Gasteiger charge is -2.24. The number of esters is 1. The number of benzene rings is 1. The van der Waals surface area contributed by atoms with Crippen LogP contribution >= 0.6 is 0 Å². The molecule has 1 aromatic heterocycles. The summed E-state index contributed by atoms with van der Waals surface area (Å²) < 4.78 is 33.3. The van der Waals surface area contributed by atoms with Crippen LogP contribution in [0.25, 0.3) is 5.69 Å². The Balaban J connectivity index is 1.71. The van der Waals surface area contributed by atoms with Gasteiger partial charge in [-0.15, -0.1) is 0 Å². The Kier molecular flexibility index (Phi) is 5.83. The van der Waals surface area contributed by atoms with Gasteiger partial charge < -0.3 is 10.1 Å². The van der Waals surface area contributed by atoms with Gasteiger partial charge in [0.2, 0.25) is 5.91 Å². The average Bonchev–Trinajstić information content (AvgIpc) is 3.06. The molecular formula is C19H21F2N3O3. The standard InChI is InChI=1S/C19H21F2N3O3/c1-27-19(26)7-3-6-18(25)23-15-4-2-5-16-13(15)11-22-24(16)17-9-8-12(20)10-14(17)21/h8-11,15H,2-7H2,1H3,(H,23,25)/t15-/m0/s1. The van der Waals surface area contributed by atoms with Crippen molar-refractivity contribution < 1.29 is 23.1 Å². The van der Waals surface area contributed by atoms with Gasteiger partial charge in [-0.25, -0.2) is 13.5 Å². The predicted octanol–water partition coefficient (Wildman–Crippen LogP) is 2.99. The molecule has 0 fully saturated rings. The van der Waals surface area contributed by atoms with E-state index in [2.05, 4.69) is 15.2 Å². The van der Waals surface area contributed by atoms with Crippen molar-refractivity contribution in [3.8, 4) is 5.69 Å². The van der Waals surface area contributed by atoms with Gasteiger partial charge >= 0.3 is 5.97 Å². The number of amides is 1. The number of hydrogen-bond donors (Lipinski definition) is 1. The zero-order valence-corrected chi connectivity index (χ0v) is 15.0. The first kappa shape index (κ1) is 19.0. The molecule has 0 saturated heterocycles. The summed E-state index contributed by atoms with van der Waals surface area (Å²) in [4.78, 5) is 23.3. The maximum Gasteiger partial charge on any atom is 0.305 e. The van der Waals surface area contributed by atoms with Crippen molar-refractivity contribution in [2.24, 2.45) is 0 Å². The number of carbonyl (C=O) groups excluding carboxylic acids is 2. The molecule has 6 nitrogen and oxygen atoms in total. The zero-order valence-electron chi connectivity index (χ0n) is 15.0. The van der Waals surface area contributed by atoms with E-state index in [0.29, 0.717) is 12.8 Å². The lowest BCUT2D eigenvalue weighted by molar-refractivity contribution is -0.140. The number of halogens is 2. The van der Waals surface area contributed by atoms with E-state index in [1.54, 1.807) is 6.20 Å². The Morgan fingerprint density at radius 1 is 1.33 bits per heavy atom. The fourth-order valence-electron chi connectivity index (χ4n) is 3.33. The van der Waals surface area contributed by atoms with Crippen molar-refractivity contribution in [2.45, 2.75) is 44.6 Å². The van der Waals surface area contributed by atoms with Crippen LogP contribution in [0.15, 0.2) is 24.4 Å². The van der Waals surface area contributed by atoms with Crippen LogP contribution in [0.4, 0.5) is 8.78 Å². The second kappa shape index (κ2) is 8.28. The maximum absolute atomic E-state index is 14.1. The van der Waals surface area contributed by atoms with E-state index >= 15 is 0 Å². The molecule has 0 saturated carbocycles. The van der Waals surface area contributed by atoms with Crippen LogP contribution in [-0.4, -0.2) is 28.8 Å². The van der Waals surface area contributed by atoms with Crippen molar-refractivity contribution in [2.75, 3.05) is 7.11 Å².